The predicted molar refractivity (Wildman–Crippen MR) is 82.9 cm³/mol. The average Bonchev–Trinajstić information content (AvgIpc) is 2.53. The molecule has 1 aromatic heterocycles. The zero-order chi connectivity index (χ0) is 14.5. The third-order valence-electron chi connectivity index (χ3n) is 3.34. The van der Waals surface area contributed by atoms with Gasteiger partial charge >= 0.3 is 0 Å². The molecule has 0 atom stereocenters. The number of rotatable bonds is 4. The monoisotopic (exact) mass is 304 g/mol. The summed E-state index contributed by atoms with van der Waals surface area (Å²) in [4.78, 5) is 10.6. The van der Waals surface area contributed by atoms with E-state index in [-0.39, 0.29) is 0 Å². The molecule has 0 bridgehead atoms. The van der Waals surface area contributed by atoms with Crippen LogP contribution in [0.1, 0.15) is 5.56 Å². The first kappa shape index (κ1) is 14.3. The van der Waals surface area contributed by atoms with Crippen molar-refractivity contribution in [2.24, 2.45) is 0 Å². The van der Waals surface area contributed by atoms with E-state index >= 15 is 0 Å². The fraction of sp³-hybridized carbons (Fsp3) is 0.333. The van der Waals surface area contributed by atoms with E-state index in [4.69, 9.17) is 16.3 Å². The molecule has 2 aromatic rings. The van der Waals surface area contributed by atoms with Gasteiger partial charge in [-0.1, -0.05) is 23.7 Å². The lowest BCUT2D eigenvalue weighted by atomic mass is 10.2. The minimum Gasteiger partial charge on any atom is -0.379 e. The third-order valence-corrected chi connectivity index (χ3v) is 3.54. The summed E-state index contributed by atoms with van der Waals surface area (Å²) < 4.78 is 5.36. The van der Waals surface area contributed by atoms with Gasteiger partial charge in [0.25, 0.3) is 0 Å². The second kappa shape index (κ2) is 6.85. The molecule has 1 aliphatic rings. The minimum atomic E-state index is 0.529. The summed E-state index contributed by atoms with van der Waals surface area (Å²) in [6.07, 6.45) is 3.15. The summed E-state index contributed by atoms with van der Waals surface area (Å²) in [6, 6.07) is 8.31. The number of halogens is 1. The summed E-state index contributed by atoms with van der Waals surface area (Å²) >= 11 is 5.76. The van der Waals surface area contributed by atoms with Gasteiger partial charge in [0.2, 0.25) is 5.95 Å². The molecule has 0 spiro atoms. The lowest BCUT2D eigenvalue weighted by molar-refractivity contribution is 0.0342. The molecule has 6 heteroatoms. The molecule has 3 rings (SSSR count). The highest BCUT2D eigenvalue weighted by Gasteiger charge is 2.10. The van der Waals surface area contributed by atoms with Crippen molar-refractivity contribution in [1.29, 1.82) is 0 Å². The first-order valence-corrected chi connectivity index (χ1v) is 7.31. The third kappa shape index (κ3) is 4.14. The van der Waals surface area contributed by atoms with E-state index in [2.05, 4.69) is 32.3 Å². The molecule has 21 heavy (non-hydrogen) atoms. The molecule has 2 heterocycles. The second-order valence-electron chi connectivity index (χ2n) is 4.94. The topological polar surface area (TPSA) is 50.3 Å². The van der Waals surface area contributed by atoms with E-state index in [0.29, 0.717) is 11.0 Å². The van der Waals surface area contributed by atoms with Crippen molar-refractivity contribution in [1.82, 2.24) is 14.9 Å². The second-order valence-corrected chi connectivity index (χ2v) is 5.37. The highest BCUT2D eigenvalue weighted by molar-refractivity contribution is 6.30. The fourth-order valence-electron chi connectivity index (χ4n) is 2.22. The van der Waals surface area contributed by atoms with Crippen molar-refractivity contribution in [3.63, 3.8) is 0 Å². The Morgan fingerprint density at radius 3 is 2.43 bits per heavy atom. The van der Waals surface area contributed by atoms with Gasteiger partial charge in [-0.3, -0.25) is 4.90 Å². The fourth-order valence-corrected chi connectivity index (χ4v) is 2.31. The van der Waals surface area contributed by atoms with Crippen LogP contribution in [0.25, 0.3) is 0 Å². The van der Waals surface area contributed by atoms with Crippen LogP contribution in [0.3, 0.4) is 0 Å². The van der Waals surface area contributed by atoms with Gasteiger partial charge in [0.15, 0.2) is 0 Å². The molecular formula is C15H17ClN4O. The molecule has 0 radical (unpaired) electrons. The molecule has 5 nitrogen and oxygen atoms in total. The Morgan fingerprint density at radius 1 is 1.10 bits per heavy atom. The Labute approximate surface area is 128 Å². The summed E-state index contributed by atoms with van der Waals surface area (Å²) in [6.45, 7) is 4.61. The number of nitrogens with one attached hydrogen (secondary N) is 1. The highest BCUT2D eigenvalue weighted by Crippen LogP contribution is 2.16. The van der Waals surface area contributed by atoms with Crippen LogP contribution in [-0.2, 0) is 11.3 Å². The maximum Gasteiger partial charge on any atom is 0.227 e. The zero-order valence-corrected chi connectivity index (χ0v) is 12.4. The Bertz CT molecular complexity index is 567. The van der Waals surface area contributed by atoms with Crippen LogP contribution in [0.5, 0.6) is 0 Å². The van der Waals surface area contributed by atoms with E-state index in [9.17, 15) is 0 Å². The number of anilines is 2. The molecule has 110 valence electrons. The van der Waals surface area contributed by atoms with Gasteiger partial charge in [-0.05, 0) is 17.7 Å². The summed E-state index contributed by atoms with van der Waals surface area (Å²) in [5.41, 5.74) is 2.25. The first-order valence-electron chi connectivity index (χ1n) is 6.93. The Hall–Kier alpha value is -1.69. The van der Waals surface area contributed by atoms with Crippen molar-refractivity contribution >= 4 is 23.2 Å². The quantitative estimate of drug-likeness (QED) is 0.941. The van der Waals surface area contributed by atoms with Gasteiger partial charge in [0, 0.05) is 25.3 Å². The van der Waals surface area contributed by atoms with Crippen molar-refractivity contribution in [2.75, 3.05) is 31.6 Å². The molecule has 0 saturated carbocycles. The van der Waals surface area contributed by atoms with Gasteiger partial charge in [-0.2, -0.15) is 0 Å². The van der Waals surface area contributed by atoms with E-state index in [0.717, 1.165) is 38.5 Å². The van der Waals surface area contributed by atoms with Crippen LogP contribution in [0.15, 0.2) is 36.7 Å². The average molecular weight is 305 g/mol. The standard InChI is InChI=1S/C15H17ClN4O/c16-13-9-17-15(18-10-13)19-14-3-1-12(2-4-14)11-20-5-7-21-8-6-20/h1-4,9-10H,5-8,11H2,(H,17,18,19). The van der Waals surface area contributed by atoms with Gasteiger partial charge in [0.1, 0.15) is 0 Å². The largest absolute Gasteiger partial charge is 0.379 e. The number of ether oxygens (including phenoxy) is 1. The normalized spacial score (nSPS) is 15.9. The van der Waals surface area contributed by atoms with Gasteiger partial charge in [-0.15, -0.1) is 0 Å². The molecule has 0 amide bonds. The maximum absolute atomic E-state index is 5.76. The SMILES string of the molecule is Clc1cnc(Nc2ccc(CN3CCOCC3)cc2)nc1. The van der Waals surface area contributed by atoms with E-state index in [1.807, 2.05) is 12.1 Å². The summed E-state index contributed by atoms with van der Waals surface area (Å²) in [5.74, 6) is 0.542. The van der Waals surface area contributed by atoms with Gasteiger partial charge < -0.3 is 10.1 Å². The molecule has 0 unspecified atom stereocenters. The summed E-state index contributed by atoms with van der Waals surface area (Å²) in [5, 5.41) is 3.68. The van der Waals surface area contributed by atoms with Gasteiger partial charge in [0.05, 0.1) is 30.6 Å². The number of hydrogen-bond donors (Lipinski definition) is 1. The Balaban J connectivity index is 1.59. The predicted octanol–water partition coefficient (Wildman–Crippen LogP) is 2.71. The lowest BCUT2D eigenvalue weighted by Crippen LogP contribution is -2.35. The number of nitrogens with zero attached hydrogens (tertiary/aromatic N) is 3. The number of morpholine rings is 1. The van der Waals surface area contributed by atoms with Crippen LogP contribution in [0.4, 0.5) is 11.6 Å². The summed E-state index contributed by atoms with van der Waals surface area (Å²) in [7, 11) is 0. The van der Waals surface area contributed by atoms with E-state index in [1.54, 1.807) is 12.4 Å². The molecule has 1 aliphatic heterocycles. The number of hydrogen-bond acceptors (Lipinski definition) is 5. The molecule has 1 N–H and O–H groups in total. The molecule has 0 aliphatic carbocycles. The van der Waals surface area contributed by atoms with Crippen LogP contribution in [0, 0.1) is 0 Å². The van der Waals surface area contributed by atoms with Crippen LogP contribution in [-0.4, -0.2) is 41.2 Å². The first-order chi connectivity index (χ1) is 10.3. The number of aromatic nitrogens is 2. The molecule has 1 aromatic carbocycles. The van der Waals surface area contributed by atoms with Crippen molar-refractivity contribution in [3.05, 3.63) is 47.2 Å². The Morgan fingerprint density at radius 2 is 1.76 bits per heavy atom. The lowest BCUT2D eigenvalue weighted by Gasteiger charge is -2.26. The van der Waals surface area contributed by atoms with Crippen molar-refractivity contribution < 1.29 is 4.74 Å². The van der Waals surface area contributed by atoms with E-state index in [1.165, 1.54) is 5.56 Å². The minimum absolute atomic E-state index is 0.529. The molecule has 1 saturated heterocycles. The van der Waals surface area contributed by atoms with E-state index < -0.39 is 0 Å². The smallest absolute Gasteiger partial charge is 0.227 e. The highest BCUT2D eigenvalue weighted by atomic mass is 35.5. The Kier molecular flexibility index (Phi) is 4.65. The van der Waals surface area contributed by atoms with Gasteiger partial charge in [-0.25, -0.2) is 9.97 Å². The van der Waals surface area contributed by atoms with Crippen LogP contribution < -0.4 is 5.32 Å². The molecular weight excluding hydrogens is 288 g/mol. The van der Waals surface area contributed by atoms with Crippen LogP contribution >= 0.6 is 11.6 Å². The van der Waals surface area contributed by atoms with Crippen molar-refractivity contribution in [2.45, 2.75) is 6.54 Å². The number of benzene rings is 1. The van der Waals surface area contributed by atoms with Crippen molar-refractivity contribution in [3.8, 4) is 0 Å². The van der Waals surface area contributed by atoms with Crippen LogP contribution in [0.2, 0.25) is 5.02 Å². The maximum atomic E-state index is 5.76. The zero-order valence-electron chi connectivity index (χ0n) is 11.6. The molecule has 1 fully saturated rings.